The van der Waals surface area contributed by atoms with Gasteiger partial charge in [-0.05, 0) is 32.7 Å². The van der Waals surface area contributed by atoms with E-state index in [1.54, 1.807) is 40.5 Å². The highest BCUT2D eigenvalue weighted by Crippen LogP contribution is 2.23. The number of carbonyl (C=O) groups is 10. The Balaban J connectivity index is 1.51. The van der Waals surface area contributed by atoms with Crippen LogP contribution in [0.3, 0.4) is 0 Å². The van der Waals surface area contributed by atoms with E-state index < -0.39 is 104 Å². The maximum Gasteiger partial charge on any atom is 0.622 e. The van der Waals surface area contributed by atoms with Gasteiger partial charge >= 0.3 is 37.0 Å². The lowest BCUT2D eigenvalue weighted by Crippen LogP contribution is -2.58. The fourth-order valence-corrected chi connectivity index (χ4v) is 7.20. The molecule has 63 heavy (non-hydrogen) atoms. The van der Waals surface area contributed by atoms with Crippen LogP contribution in [0.15, 0.2) is 0 Å². The second-order valence-corrected chi connectivity index (χ2v) is 16.1. The van der Waals surface area contributed by atoms with E-state index >= 15 is 0 Å². The molecule has 0 aromatic rings. The summed E-state index contributed by atoms with van der Waals surface area (Å²) in [5.41, 5.74) is 0. The number of nitrogens with zero attached hydrogens (tertiary/aromatic N) is 6. The first kappa shape index (κ1) is 51.9. The lowest BCUT2D eigenvalue weighted by molar-refractivity contribution is -0.148. The fraction of sp³-hybridized carbons (Fsp3) is 0.730. The van der Waals surface area contributed by atoms with E-state index in [0.29, 0.717) is 12.8 Å². The van der Waals surface area contributed by atoms with Gasteiger partial charge in [0.1, 0.15) is 12.1 Å². The molecule has 3 heterocycles. The second-order valence-electron chi connectivity index (χ2n) is 16.1. The van der Waals surface area contributed by atoms with Crippen LogP contribution < -0.4 is 21.3 Å². The maximum atomic E-state index is 13.5. The van der Waals surface area contributed by atoms with Crippen LogP contribution in [0.5, 0.6) is 0 Å². The van der Waals surface area contributed by atoms with Gasteiger partial charge in [-0.3, -0.25) is 72.4 Å². The van der Waals surface area contributed by atoms with Gasteiger partial charge in [0.15, 0.2) is 0 Å². The summed E-state index contributed by atoms with van der Waals surface area (Å²) in [6.07, 6.45) is 0.916. The first-order valence-electron chi connectivity index (χ1n) is 20.8. The molecule has 0 spiro atoms. The summed E-state index contributed by atoms with van der Waals surface area (Å²) in [6, 6.07) is -2.21. The third kappa shape index (κ3) is 18.8. The van der Waals surface area contributed by atoms with Crippen molar-refractivity contribution >= 4 is 66.5 Å². The number of carboxylic acids is 3. The minimum atomic E-state index is -1.31. The summed E-state index contributed by atoms with van der Waals surface area (Å²) in [6.45, 7) is 4.07. The van der Waals surface area contributed by atoms with Gasteiger partial charge < -0.3 is 50.8 Å². The molecule has 3 atom stereocenters. The average molecular weight is 897 g/mol. The van der Waals surface area contributed by atoms with Crippen molar-refractivity contribution in [3.8, 4) is 0 Å². The number of hydrogen-bond donors (Lipinski definition) is 7. The van der Waals surface area contributed by atoms with E-state index in [0.717, 1.165) is 0 Å². The predicted octanol–water partition coefficient (Wildman–Crippen LogP) is -5.61. The summed E-state index contributed by atoms with van der Waals surface area (Å²) >= 11 is 0. The Bertz CT molecular complexity index is 1620. The first-order chi connectivity index (χ1) is 29.7. The van der Waals surface area contributed by atoms with Crippen molar-refractivity contribution in [1.82, 2.24) is 50.7 Å². The largest absolute Gasteiger partial charge is 0.622 e. The van der Waals surface area contributed by atoms with Crippen molar-refractivity contribution in [3.63, 3.8) is 0 Å². The monoisotopic (exact) mass is 896 g/mol. The van der Waals surface area contributed by atoms with Crippen molar-refractivity contribution in [2.75, 3.05) is 118 Å². The van der Waals surface area contributed by atoms with Crippen LogP contribution in [0.25, 0.3) is 0 Å². The highest BCUT2D eigenvalue weighted by Gasteiger charge is 2.47. The molecule has 3 saturated heterocycles. The van der Waals surface area contributed by atoms with Crippen LogP contribution >= 0.6 is 0 Å². The summed E-state index contributed by atoms with van der Waals surface area (Å²) in [5.74, 6) is -8.98. The maximum absolute atomic E-state index is 13.5. The Hall–Kier alpha value is -5.44. The van der Waals surface area contributed by atoms with Crippen LogP contribution in [-0.2, 0) is 57.3 Å². The molecule has 3 fully saturated rings. The highest BCUT2D eigenvalue weighted by atomic mass is 16.6. The molecule has 0 saturated carbocycles. The molecule has 0 bridgehead atoms. The van der Waals surface area contributed by atoms with Gasteiger partial charge in [-0.25, -0.2) is 0 Å². The summed E-state index contributed by atoms with van der Waals surface area (Å²) in [4.78, 5) is 134. The zero-order chi connectivity index (χ0) is 46.8. The summed E-state index contributed by atoms with van der Waals surface area (Å²) < 4.78 is 10.7. The molecule has 7 N–H and O–H groups in total. The van der Waals surface area contributed by atoms with Gasteiger partial charge in [0.05, 0.1) is 58.3 Å². The molecule has 5 amide bonds. The van der Waals surface area contributed by atoms with E-state index in [2.05, 4.69) is 21.3 Å². The Morgan fingerprint density at radius 1 is 0.635 bits per heavy atom. The third-order valence-corrected chi connectivity index (χ3v) is 10.5. The number of amides is 5. The fourth-order valence-electron chi connectivity index (χ4n) is 7.20. The van der Waals surface area contributed by atoms with Gasteiger partial charge in [0.25, 0.3) is 0 Å². The van der Waals surface area contributed by atoms with Gasteiger partial charge in [-0.15, -0.1) is 0 Å². The average Bonchev–Trinajstić information content (AvgIpc) is 3.67. The van der Waals surface area contributed by atoms with Gasteiger partial charge in [0, 0.05) is 58.9 Å². The SMILES string of the molecule is CC(C)[C@H](NC(=O)CNC(=O)CNC(=O)CN1CCN(CC(=O)O)CCN(CC(=O)O)CCN(CC(=O)O)CC1)C(=O)N[C@H](C)C(=O)N1CCCC1B1OC(=O)CN(C)CC(=O)O1. The topological polar surface area (TPSA) is 317 Å². The van der Waals surface area contributed by atoms with Crippen LogP contribution in [0.4, 0.5) is 0 Å². The molecule has 352 valence electrons. The van der Waals surface area contributed by atoms with E-state index in [1.165, 1.54) is 16.7 Å². The first-order valence-corrected chi connectivity index (χ1v) is 20.8. The molecular formula is C37H61BN10O15. The molecular weight excluding hydrogens is 835 g/mol. The summed E-state index contributed by atoms with van der Waals surface area (Å²) in [7, 11) is 0.246. The molecule has 26 heteroatoms. The Morgan fingerprint density at radius 2 is 1.06 bits per heavy atom. The van der Waals surface area contributed by atoms with E-state index in [-0.39, 0.29) is 98.2 Å². The molecule has 25 nitrogen and oxygen atoms in total. The molecule has 0 radical (unpaired) electrons. The highest BCUT2D eigenvalue weighted by molar-refractivity contribution is 6.51. The van der Waals surface area contributed by atoms with Crippen molar-refractivity contribution in [3.05, 3.63) is 0 Å². The zero-order valence-electron chi connectivity index (χ0n) is 36.2. The van der Waals surface area contributed by atoms with Crippen molar-refractivity contribution < 1.29 is 72.6 Å². The Labute approximate surface area is 365 Å². The minimum absolute atomic E-state index is 0.139. The lowest BCUT2D eigenvalue weighted by atomic mass is 9.76. The van der Waals surface area contributed by atoms with E-state index in [9.17, 15) is 63.3 Å². The molecule has 1 unspecified atom stereocenters. The number of aliphatic carboxylic acids is 3. The molecule has 3 aliphatic heterocycles. The number of rotatable bonds is 18. The Morgan fingerprint density at radius 3 is 1.51 bits per heavy atom. The molecule has 3 aliphatic rings. The molecule has 0 aromatic carbocycles. The standard InChI is InChI=1S/C37H61BN10O15/c1-24(2)35(36(60)41-25(3)37(61)48-7-5-6-26(48)38-62-33(58)22-43(4)23-34(59)63-38)42-28(50)17-39-27(49)16-40-29(51)18-44-8-10-45(19-30(52)53)12-14-47(21-32(56)57)15-13-46(11-9-44)20-31(54)55/h24-26,35H,5-23H2,1-4H3,(H,39,49)(H,40,51)(H,41,60)(H,42,50)(H,52,53)(H,54,55)(H,56,57)/t25-,26?,35+/m1/s1. The lowest BCUT2D eigenvalue weighted by Gasteiger charge is -2.32. The number of likely N-dealkylation sites (N-methyl/N-ethyl adjacent to an activating group) is 1. The smallest absolute Gasteiger partial charge is 0.497 e. The van der Waals surface area contributed by atoms with Gasteiger partial charge in [0.2, 0.25) is 29.5 Å². The third-order valence-electron chi connectivity index (χ3n) is 10.5. The normalized spacial score (nSPS) is 20.4. The van der Waals surface area contributed by atoms with E-state index in [4.69, 9.17) is 9.31 Å². The molecule has 0 aliphatic carbocycles. The number of hydrogen-bond acceptors (Lipinski definition) is 17. The number of carbonyl (C=O) groups excluding carboxylic acids is 7. The Kier molecular flexibility index (Phi) is 21.1. The number of likely N-dealkylation sites (tertiary alicyclic amines) is 1. The minimum Gasteiger partial charge on any atom is -0.497 e. The van der Waals surface area contributed by atoms with Crippen LogP contribution in [-0.4, -0.2) is 248 Å². The predicted molar refractivity (Wildman–Crippen MR) is 219 cm³/mol. The van der Waals surface area contributed by atoms with Gasteiger partial charge in [-0.1, -0.05) is 13.8 Å². The summed E-state index contributed by atoms with van der Waals surface area (Å²) in [5, 5.41) is 38.2. The number of nitrogens with one attached hydrogen (secondary N) is 4. The quantitative estimate of drug-likeness (QED) is 0.0631. The second kappa shape index (κ2) is 25.6. The van der Waals surface area contributed by atoms with Crippen molar-refractivity contribution in [2.24, 2.45) is 5.92 Å². The van der Waals surface area contributed by atoms with Crippen molar-refractivity contribution in [2.45, 2.75) is 51.6 Å². The van der Waals surface area contributed by atoms with Crippen LogP contribution in [0.2, 0.25) is 0 Å². The van der Waals surface area contributed by atoms with Crippen molar-refractivity contribution in [1.29, 1.82) is 0 Å². The molecule has 3 rings (SSSR count). The molecule has 0 aromatic heterocycles. The van der Waals surface area contributed by atoms with E-state index in [1.807, 2.05) is 0 Å². The van der Waals surface area contributed by atoms with Crippen LogP contribution in [0.1, 0.15) is 33.6 Å². The van der Waals surface area contributed by atoms with Gasteiger partial charge in [-0.2, -0.15) is 0 Å². The number of carboxylic acid groups (broad SMARTS) is 3. The zero-order valence-corrected chi connectivity index (χ0v) is 36.2. The van der Waals surface area contributed by atoms with Crippen LogP contribution in [0, 0.1) is 5.92 Å².